The molecule has 10 nitrogen and oxygen atoms in total. The van der Waals surface area contributed by atoms with Crippen molar-refractivity contribution in [2.24, 2.45) is 5.14 Å². The number of primary sulfonamides is 1. The van der Waals surface area contributed by atoms with E-state index in [9.17, 15) is 22.8 Å². The van der Waals surface area contributed by atoms with Crippen molar-refractivity contribution < 1.29 is 37.0 Å². The van der Waals surface area contributed by atoms with Gasteiger partial charge in [-0.25, -0.2) is 23.1 Å². The molecule has 2 aromatic rings. The van der Waals surface area contributed by atoms with Gasteiger partial charge in [0.15, 0.2) is 6.61 Å². The van der Waals surface area contributed by atoms with Crippen molar-refractivity contribution in [1.82, 2.24) is 0 Å². The molecule has 0 fully saturated rings. The van der Waals surface area contributed by atoms with E-state index in [0.717, 1.165) is 10.9 Å². The number of amides is 1. The highest BCUT2D eigenvalue weighted by atomic mass is 32.2. The van der Waals surface area contributed by atoms with Gasteiger partial charge in [-0.1, -0.05) is 0 Å². The Kier molecular flexibility index (Phi) is 7.76. The molecule has 0 aliphatic heterocycles. The summed E-state index contributed by atoms with van der Waals surface area (Å²) in [5.41, 5.74) is 0.712. The second-order valence-electron chi connectivity index (χ2n) is 6.24. The van der Waals surface area contributed by atoms with Crippen molar-refractivity contribution in [2.45, 2.75) is 25.7 Å². The van der Waals surface area contributed by atoms with Crippen LogP contribution >= 0.6 is 11.3 Å². The molecular weight excluding hydrogens is 448 g/mol. The van der Waals surface area contributed by atoms with Crippen LogP contribution in [0.15, 0.2) is 23.1 Å². The number of carbonyl (C=O) groups is 3. The number of esters is 2. The highest BCUT2D eigenvalue weighted by Crippen LogP contribution is 2.33. The number of carbonyl (C=O) groups excluding carboxylic acids is 3. The van der Waals surface area contributed by atoms with Crippen LogP contribution in [0.5, 0.6) is 5.75 Å². The Balaban J connectivity index is 2.15. The Labute approximate surface area is 183 Å². The first kappa shape index (κ1) is 24.3. The molecule has 12 heteroatoms. The molecule has 0 bridgehead atoms. The van der Waals surface area contributed by atoms with Crippen LogP contribution in [0.4, 0.5) is 5.00 Å². The number of rotatable bonds is 8. The van der Waals surface area contributed by atoms with E-state index < -0.39 is 34.5 Å². The Morgan fingerprint density at radius 3 is 2.39 bits per heavy atom. The second-order valence-corrected chi connectivity index (χ2v) is 9.03. The monoisotopic (exact) mass is 470 g/mol. The average molecular weight is 471 g/mol. The van der Waals surface area contributed by atoms with Crippen LogP contribution in [-0.2, 0) is 24.3 Å². The fourth-order valence-electron chi connectivity index (χ4n) is 2.56. The number of aryl methyl sites for hydroxylation is 1. The second kappa shape index (κ2) is 9.90. The molecule has 1 amide bonds. The molecule has 3 N–H and O–H groups in total. The Morgan fingerprint density at radius 1 is 1.13 bits per heavy atom. The zero-order valence-corrected chi connectivity index (χ0v) is 18.9. The van der Waals surface area contributed by atoms with Gasteiger partial charge in [-0.3, -0.25) is 4.79 Å². The third-order valence-electron chi connectivity index (χ3n) is 4.17. The molecule has 0 spiro atoms. The number of nitrogens with one attached hydrogen (secondary N) is 1. The maximum Gasteiger partial charge on any atom is 0.342 e. The summed E-state index contributed by atoms with van der Waals surface area (Å²) >= 11 is 1.19. The number of hydrogen-bond donors (Lipinski definition) is 2. The Bertz CT molecular complexity index is 1120. The molecule has 1 aromatic heterocycles. The minimum Gasteiger partial charge on any atom is -0.496 e. The van der Waals surface area contributed by atoms with Crippen LogP contribution in [0.2, 0.25) is 0 Å². The average Bonchev–Trinajstić information content (AvgIpc) is 2.98. The third kappa shape index (κ3) is 5.81. The first-order valence-corrected chi connectivity index (χ1v) is 11.3. The van der Waals surface area contributed by atoms with Gasteiger partial charge in [0.25, 0.3) is 5.91 Å². The van der Waals surface area contributed by atoms with E-state index in [2.05, 4.69) is 5.32 Å². The summed E-state index contributed by atoms with van der Waals surface area (Å²) in [5.74, 6) is -2.20. The normalized spacial score (nSPS) is 11.0. The van der Waals surface area contributed by atoms with Crippen molar-refractivity contribution >= 4 is 44.2 Å². The maximum absolute atomic E-state index is 12.4. The number of nitrogens with two attached hydrogens (primary N) is 1. The number of methoxy groups -OCH3 is 1. The van der Waals surface area contributed by atoms with Crippen LogP contribution in [0.1, 0.15) is 38.1 Å². The van der Waals surface area contributed by atoms with E-state index in [1.807, 2.05) is 0 Å². The number of anilines is 1. The standard InChI is InChI=1S/C19H22N2O8S2/c1-5-28-19(24)16-10(2)11(3)30-17(16)21-15(22)9-29-18(23)13-8-12(31(20,25)26)6-7-14(13)27-4/h6-8H,5,9H2,1-4H3,(H,21,22)(H2,20,25,26). The van der Waals surface area contributed by atoms with E-state index in [0.29, 0.717) is 5.56 Å². The lowest BCUT2D eigenvalue weighted by Crippen LogP contribution is -2.22. The van der Waals surface area contributed by atoms with Crippen LogP contribution in [-0.4, -0.2) is 46.6 Å². The molecular formula is C19H22N2O8S2. The van der Waals surface area contributed by atoms with Gasteiger partial charge in [0.2, 0.25) is 10.0 Å². The summed E-state index contributed by atoms with van der Waals surface area (Å²) in [4.78, 5) is 37.4. The van der Waals surface area contributed by atoms with Crippen molar-refractivity contribution in [1.29, 1.82) is 0 Å². The maximum atomic E-state index is 12.4. The van der Waals surface area contributed by atoms with Crippen LogP contribution in [0.25, 0.3) is 0 Å². The predicted octanol–water partition coefficient (Wildman–Crippen LogP) is 1.99. The highest BCUT2D eigenvalue weighted by molar-refractivity contribution is 7.89. The van der Waals surface area contributed by atoms with Gasteiger partial charge in [0.1, 0.15) is 16.3 Å². The molecule has 31 heavy (non-hydrogen) atoms. The van der Waals surface area contributed by atoms with Gasteiger partial charge < -0.3 is 19.5 Å². The smallest absolute Gasteiger partial charge is 0.342 e. The molecule has 1 heterocycles. The Hall–Kier alpha value is -2.96. The lowest BCUT2D eigenvalue weighted by molar-refractivity contribution is -0.119. The Morgan fingerprint density at radius 2 is 1.81 bits per heavy atom. The first-order valence-electron chi connectivity index (χ1n) is 8.94. The third-order valence-corrected chi connectivity index (χ3v) is 6.21. The SMILES string of the molecule is CCOC(=O)c1c(NC(=O)COC(=O)c2cc(S(N)(=O)=O)ccc2OC)sc(C)c1C. The first-order chi connectivity index (χ1) is 14.5. The van der Waals surface area contributed by atoms with Gasteiger partial charge in [-0.15, -0.1) is 11.3 Å². The van der Waals surface area contributed by atoms with E-state index in [1.54, 1.807) is 20.8 Å². The van der Waals surface area contributed by atoms with Gasteiger partial charge in [-0.2, -0.15) is 0 Å². The fourth-order valence-corrected chi connectivity index (χ4v) is 4.16. The zero-order valence-electron chi connectivity index (χ0n) is 17.3. The lowest BCUT2D eigenvalue weighted by Gasteiger charge is -2.11. The zero-order chi connectivity index (χ0) is 23.3. The van der Waals surface area contributed by atoms with Crippen LogP contribution in [0, 0.1) is 13.8 Å². The van der Waals surface area contributed by atoms with Gasteiger partial charge in [0, 0.05) is 4.88 Å². The summed E-state index contributed by atoms with van der Waals surface area (Å²) in [6, 6.07) is 3.43. The van der Waals surface area contributed by atoms with Crippen LogP contribution < -0.4 is 15.2 Å². The van der Waals surface area contributed by atoms with Gasteiger partial charge in [0.05, 0.1) is 24.2 Å². The van der Waals surface area contributed by atoms with E-state index >= 15 is 0 Å². The summed E-state index contributed by atoms with van der Waals surface area (Å²) in [6.07, 6.45) is 0. The molecule has 0 unspecified atom stereocenters. The predicted molar refractivity (Wildman–Crippen MR) is 113 cm³/mol. The van der Waals surface area contributed by atoms with Gasteiger partial charge >= 0.3 is 11.9 Å². The molecule has 0 atom stereocenters. The summed E-state index contributed by atoms with van der Waals surface area (Å²) in [5, 5.41) is 7.90. The van der Waals surface area contributed by atoms with Crippen LogP contribution in [0.3, 0.4) is 0 Å². The molecule has 0 saturated heterocycles. The van der Waals surface area contributed by atoms with Gasteiger partial charge in [-0.05, 0) is 44.5 Å². The van der Waals surface area contributed by atoms with Crippen molar-refractivity contribution in [3.63, 3.8) is 0 Å². The summed E-state index contributed by atoms with van der Waals surface area (Å²) in [6.45, 7) is 4.70. The summed E-state index contributed by atoms with van der Waals surface area (Å²) < 4.78 is 38.1. The number of ether oxygens (including phenoxy) is 3. The number of sulfonamides is 1. The van der Waals surface area contributed by atoms with E-state index in [1.165, 1.54) is 30.6 Å². The number of benzene rings is 1. The number of hydrogen-bond acceptors (Lipinski definition) is 9. The lowest BCUT2D eigenvalue weighted by atomic mass is 10.1. The number of thiophene rings is 1. The van der Waals surface area contributed by atoms with E-state index in [-0.39, 0.29) is 33.4 Å². The minimum absolute atomic E-state index is 0.0481. The minimum atomic E-state index is -4.06. The molecule has 2 rings (SSSR count). The van der Waals surface area contributed by atoms with Crippen molar-refractivity contribution in [3.8, 4) is 5.75 Å². The molecule has 0 saturated carbocycles. The van der Waals surface area contributed by atoms with Crippen molar-refractivity contribution in [3.05, 3.63) is 39.8 Å². The molecule has 0 radical (unpaired) electrons. The quantitative estimate of drug-likeness (QED) is 0.556. The highest BCUT2D eigenvalue weighted by Gasteiger charge is 2.23. The summed E-state index contributed by atoms with van der Waals surface area (Å²) in [7, 11) is -2.77. The molecule has 0 aliphatic rings. The fraction of sp³-hybridized carbons (Fsp3) is 0.316. The topological polar surface area (TPSA) is 151 Å². The van der Waals surface area contributed by atoms with Crippen molar-refractivity contribution in [2.75, 3.05) is 25.6 Å². The van der Waals surface area contributed by atoms with E-state index in [4.69, 9.17) is 19.3 Å². The molecule has 1 aromatic carbocycles. The molecule has 168 valence electrons. The largest absolute Gasteiger partial charge is 0.496 e. The molecule has 0 aliphatic carbocycles.